The first-order valence-electron chi connectivity index (χ1n) is 4.02. The fourth-order valence-electron chi connectivity index (χ4n) is 1.18. The lowest BCUT2D eigenvalue weighted by Crippen LogP contribution is -2.06. The van der Waals surface area contributed by atoms with Gasteiger partial charge in [-0.3, -0.25) is 0 Å². The first kappa shape index (κ1) is 13.6. The summed E-state index contributed by atoms with van der Waals surface area (Å²) in [6.45, 7) is 0. The number of hydrogen-bond acceptors (Lipinski definition) is 5. The van der Waals surface area contributed by atoms with Gasteiger partial charge < -0.3 is 4.74 Å². The molecule has 0 aliphatic rings. The van der Waals surface area contributed by atoms with Gasteiger partial charge in [0, 0.05) is 16.9 Å². The number of nitrogens with zero attached hydrogens (tertiary/aromatic N) is 2. The number of aromatic nitrogens is 1. The minimum atomic E-state index is -4.50. The summed E-state index contributed by atoms with van der Waals surface area (Å²) in [5, 5.41) is 8.62. The summed E-state index contributed by atoms with van der Waals surface area (Å²) in [6, 6.07) is 1.42. The molecule has 9 heteroatoms. The van der Waals surface area contributed by atoms with Crippen molar-refractivity contribution in [3.05, 3.63) is 17.3 Å². The molecule has 92 valence electrons. The van der Waals surface area contributed by atoms with Crippen molar-refractivity contribution in [3.8, 4) is 11.9 Å². The van der Waals surface area contributed by atoms with Crippen molar-refractivity contribution in [3.63, 3.8) is 0 Å². The molecule has 0 amide bonds. The molecule has 0 spiro atoms. The number of methoxy groups -OCH3 is 1. The van der Waals surface area contributed by atoms with Crippen LogP contribution in [-0.2, 0) is 9.05 Å². The molecule has 0 aliphatic carbocycles. The highest BCUT2D eigenvalue weighted by atomic mass is 35.7. The number of rotatable bonds is 3. The van der Waals surface area contributed by atoms with E-state index in [-0.39, 0.29) is 0 Å². The lowest BCUT2D eigenvalue weighted by atomic mass is 10.1. The van der Waals surface area contributed by atoms with E-state index in [4.69, 9.17) is 15.9 Å². The normalized spacial score (nSPS) is 11.3. The van der Waals surface area contributed by atoms with Crippen molar-refractivity contribution in [2.24, 2.45) is 0 Å². The number of alkyl halides is 2. The highest BCUT2D eigenvalue weighted by molar-refractivity contribution is 8.13. The van der Waals surface area contributed by atoms with E-state index in [1.807, 2.05) is 0 Å². The average molecular weight is 283 g/mol. The van der Waals surface area contributed by atoms with Gasteiger partial charge in [0.05, 0.1) is 18.2 Å². The third-order valence-corrected chi connectivity index (χ3v) is 3.16. The second kappa shape index (κ2) is 4.81. The number of nitriles is 1. The maximum atomic E-state index is 12.8. The first-order chi connectivity index (χ1) is 7.82. The Bertz CT molecular complexity index is 583. The van der Waals surface area contributed by atoms with Gasteiger partial charge in [0.2, 0.25) is 5.88 Å². The van der Waals surface area contributed by atoms with Gasteiger partial charge in [-0.2, -0.15) is 5.26 Å². The van der Waals surface area contributed by atoms with E-state index in [0.717, 1.165) is 13.3 Å². The third kappa shape index (κ3) is 2.62. The zero-order valence-electron chi connectivity index (χ0n) is 8.32. The molecule has 1 rings (SSSR count). The van der Waals surface area contributed by atoms with Crippen molar-refractivity contribution in [1.29, 1.82) is 5.26 Å². The molecule has 17 heavy (non-hydrogen) atoms. The SMILES string of the molecule is COc1ncc(C#N)c(C(F)F)c1S(=O)(=O)Cl. The van der Waals surface area contributed by atoms with Crippen LogP contribution in [0.5, 0.6) is 5.88 Å². The zero-order chi connectivity index (χ0) is 13.2. The predicted molar refractivity (Wildman–Crippen MR) is 53.5 cm³/mol. The lowest BCUT2D eigenvalue weighted by molar-refractivity contribution is 0.146. The second-order valence-electron chi connectivity index (χ2n) is 2.77. The van der Waals surface area contributed by atoms with Gasteiger partial charge in [-0.1, -0.05) is 0 Å². The number of hydrogen-bond donors (Lipinski definition) is 0. The molecule has 5 nitrogen and oxygen atoms in total. The molecule has 0 aliphatic heterocycles. The molecule has 0 atom stereocenters. The Kier molecular flexibility index (Phi) is 3.85. The van der Waals surface area contributed by atoms with E-state index < -0.39 is 37.4 Å². The molecule has 1 aromatic rings. The Balaban J connectivity index is 3.80. The number of pyridine rings is 1. The van der Waals surface area contributed by atoms with Crippen molar-refractivity contribution in [1.82, 2.24) is 4.98 Å². The van der Waals surface area contributed by atoms with Crippen LogP contribution >= 0.6 is 10.7 Å². The van der Waals surface area contributed by atoms with Crippen LogP contribution < -0.4 is 4.74 Å². The van der Waals surface area contributed by atoms with Gasteiger partial charge in [-0.05, 0) is 0 Å². The highest BCUT2D eigenvalue weighted by Gasteiger charge is 2.30. The van der Waals surface area contributed by atoms with Crippen LogP contribution in [0, 0.1) is 11.3 Å². The van der Waals surface area contributed by atoms with E-state index in [2.05, 4.69) is 9.72 Å². The number of halogens is 3. The monoisotopic (exact) mass is 282 g/mol. The van der Waals surface area contributed by atoms with E-state index in [1.165, 1.54) is 6.07 Å². The summed E-state index contributed by atoms with van der Waals surface area (Å²) in [4.78, 5) is 2.46. The number of ether oxygens (including phenoxy) is 1. The quantitative estimate of drug-likeness (QED) is 0.790. The molecule has 0 saturated heterocycles. The van der Waals surface area contributed by atoms with Crippen LogP contribution in [0.25, 0.3) is 0 Å². The smallest absolute Gasteiger partial charge is 0.267 e. The van der Waals surface area contributed by atoms with Crippen molar-refractivity contribution in [2.75, 3.05) is 7.11 Å². The van der Waals surface area contributed by atoms with E-state index >= 15 is 0 Å². The molecule has 1 heterocycles. The molecule has 0 fully saturated rings. The standard InChI is InChI=1S/C8H5ClF2N2O3S/c1-16-8-6(17(9,14)15)5(7(10)11)4(2-12)3-13-8/h3,7H,1H3. The van der Waals surface area contributed by atoms with Gasteiger partial charge in [0.25, 0.3) is 15.5 Å². The molecule has 0 radical (unpaired) electrons. The van der Waals surface area contributed by atoms with E-state index in [0.29, 0.717) is 0 Å². The minimum Gasteiger partial charge on any atom is -0.480 e. The molecular formula is C8H5ClF2N2O3S. The molecule has 0 unspecified atom stereocenters. The summed E-state index contributed by atoms with van der Waals surface area (Å²) >= 11 is 0. The second-order valence-corrected chi connectivity index (χ2v) is 5.28. The largest absolute Gasteiger partial charge is 0.480 e. The van der Waals surface area contributed by atoms with Crippen molar-refractivity contribution < 1.29 is 21.9 Å². The molecule has 1 aromatic heterocycles. The van der Waals surface area contributed by atoms with Gasteiger partial charge in [-0.25, -0.2) is 22.2 Å². The van der Waals surface area contributed by atoms with Crippen LogP contribution in [0.2, 0.25) is 0 Å². The van der Waals surface area contributed by atoms with E-state index in [9.17, 15) is 17.2 Å². The van der Waals surface area contributed by atoms with Gasteiger partial charge in [0.1, 0.15) is 6.07 Å². The third-order valence-electron chi connectivity index (χ3n) is 1.82. The van der Waals surface area contributed by atoms with Crippen LogP contribution in [-0.4, -0.2) is 20.5 Å². The predicted octanol–water partition coefficient (Wildman–Crippen LogP) is 1.83. The highest BCUT2D eigenvalue weighted by Crippen LogP contribution is 2.36. The van der Waals surface area contributed by atoms with Crippen molar-refractivity contribution >= 4 is 19.7 Å². The van der Waals surface area contributed by atoms with Crippen LogP contribution in [0.15, 0.2) is 11.1 Å². The van der Waals surface area contributed by atoms with E-state index in [1.54, 1.807) is 0 Å². The van der Waals surface area contributed by atoms with Gasteiger partial charge in [0.15, 0.2) is 4.90 Å². The Hall–Kier alpha value is -1.46. The summed E-state index contributed by atoms with van der Waals surface area (Å²) in [5.41, 5.74) is -1.57. The molecule has 0 saturated carbocycles. The van der Waals surface area contributed by atoms with Crippen LogP contribution in [0.4, 0.5) is 8.78 Å². The van der Waals surface area contributed by atoms with Crippen LogP contribution in [0.3, 0.4) is 0 Å². The fourth-order valence-corrected chi connectivity index (χ4v) is 2.43. The molecular weight excluding hydrogens is 278 g/mol. The molecule has 0 aromatic carbocycles. The Morgan fingerprint density at radius 1 is 1.59 bits per heavy atom. The maximum Gasteiger partial charge on any atom is 0.267 e. The average Bonchev–Trinajstić information content (AvgIpc) is 2.25. The van der Waals surface area contributed by atoms with Crippen LogP contribution in [0.1, 0.15) is 17.6 Å². The topological polar surface area (TPSA) is 80.0 Å². The summed E-state index contributed by atoms with van der Waals surface area (Å²) in [6.07, 6.45) is -2.39. The molecule has 0 N–H and O–H groups in total. The lowest BCUT2D eigenvalue weighted by Gasteiger charge is -2.10. The zero-order valence-corrected chi connectivity index (χ0v) is 9.89. The fraction of sp³-hybridized carbons (Fsp3) is 0.250. The maximum absolute atomic E-state index is 12.8. The van der Waals surface area contributed by atoms with Gasteiger partial charge in [-0.15, -0.1) is 0 Å². The Morgan fingerprint density at radius 2 is 2.18 bits per heavy atom. The summed E-state index contributed by atoms with van der Waals surface area (Å²) in [5.74, 6) is -0.575. The summed E-state index contributed by atoms with van der Waals surface area (Å²) < 4.78 is 52.5. The molecule has 0 bridgehead atoms. The summed E-state index contributed by atoms with van der Waals surface area (Å²) in [7, 11) is 1.58. The van der Waals surface area contributed by atoms with Gasteiger partial charge >= 0.3 is 0 Å². The Morgan fingerprint density at radius 3 is 2.53 bits per heavy atom. The minimum absolute atomic E-state index is 0.569. The van der Waals surface area contributed by atoms with Crippen molar-refractivity contribution in [2.45, 2.75) is 11.3 Å². The first-order valence-corrected chi connectivity index (χ1v) is 6.33. The Labute approximate surface area is 100 Å².